The summed E-state index contributed by atoms with van der Waals surface area (Å²) in [5.74, 6) is 0.591. The molecular formula is C12H20N2O3. The van der Waals surface area contributed by atoms with Crippen LogP contribution in [0.2, 0.25) is 0 Å². The van der Waals surface area contributed by atoms with Gasteiger partial charge in [0.1, 0.15) is 6.04 Å². The SMILES string of the molecule is O=C1CCC(C(=O)NCC2CCCC2CO)N1. The number of hydrogen-bond donors (Lipinski definition) is 3. The van der Waals surface area contributed by atoms with E-state index in [9.17, 15) is 14.7 Å². The van der Waals surface area contributed by atoms with Crippen molar-refractivity contribution in [1.82, 2.24) is 10.6 Å². The fourth-order valence-electron chi connectivity index (χ4n) is 2.79. The van der Waals surface area contributed by atoms with Crippen molar-refractivity contribution in [3.63, 3.8) is 0 Å². The second-order valence-electron chi connectivity index (χ2n) is 5.04. The Balaban J connectivity index is 1.74. The van der Waals surface area contributed by atoms with Crippen molar-refractivity contribution in [2.75, 3.05) is 13.2 Å². The first-order valence-electron chi connectivity index (χ1n) is 6.38. The van der Waals surface area contributed by atoms with Crippen LogP contribution in [0.3, 0.4) is 0 Å². The zero-order valence-corrected chi connectivity index (χ0v) is 9.95. The molecule has 1 saturated carbocycles. The Kier molecular flexibility index (Phi) is 3.99. The van der Waals surface area contributed by atoms with Gasteiger partial charge in [-0.15, -0.1) is 0 Å². The third-order valence-electron chi connectivity index (χ3n) is 3.90. The monoisotopic (exact) mass is 240 g/mol. The van der Waals surface area contributed by atoms with Gasteiger partial charge in [0, 0.05) is 19.6 Å². The molecule has 2 aliphatic rings. The van der Waals surface area contributed by atoms with Gasteiger partial charge in [-0.3, -0.25) is 9.59 Å². The van der Waals surface area contributed by atoms with E-state index in [2.05, 4.69) is 10.6 Å². The lowest BCUT2D eigenvalue weighted by Crippen LogP contribution is -2.43. The number of nitrogens with one attached hydrogen (secondary N) is 2. The van der Waals surface area contributed by atoms with E-state index in [1.807, 2.05) is 0 Å². The first kappa shape index (κ1) is 12.4. The van der Waals surface area contributed by atoms with Crippen molar-refractivity contribution in [1.29, 1.82) is 0 Å². The standard InChI is InChI=1S/C12H20N2O3/c15-7-9-3-1-2-8(9)6-13-12(17)10-4-5-11(16)14-10/h8-10,15H,1-7H2,(H,13,17)(H,14,16). The summed E-state index contributed by atoms with van der Waals surface area (Å²) < 4.78 is 0. The lowest BCUT2D eigenvalue weighted by atomic mass is 9.97. The Morgan fingerprint density at radius 1 is 1.35 bits per heavy atom. The van der Waals surface area contributed by atoms with Gasteiger partial charge in [-0.2, -0.15) is 0 Å². The highest BCUT2D eigenvalue weighted by Crippen LogP contribution is 2.30. The Bertz CT molecular complexity index is 306. The van der Waals surface area contributed by atoms with Crippen LogP contribution < -0.4 is 10.6 Å². The van der Waals surface area contributed by atoms with Gasteiger partial charge in [-0.05, 0) is 31.1 Å². The van der Waals surface area contributed by atoms with Crippen LogP contribution in [0.5, 0.6) is 0 Å². The van der Waals surface area contributed by atoms with Crippen LogP contribution in [0.1, 0.15) is 32.1 Å². The smallest absolute Gasteiger partial charge is 0.242 e. The zero-order valence-electron chi connectivity index (χ0n) is 9.95. The summed E-state index contributed by atoms with van der Waals surface area (Å²) in [4.78, 5) is 22.7. The van der Waals surface area contributed by atoms with Gasteiger partial charge in [0.05, 0.1) is 0 Å². The minimum absolute atomic E-state index is 0.0424. The molecule has 17 heavy (non-hydrogen) atoms. The molecule has 0 aromatic carbocycles. The van der Waals surface area contributed by atoms with Crippen LogP contribution in [0.15, 0.2) is 0 Å². The Morgan fingerprint density at radius 3 is 2.76 bits per heavy atom. The summed E-state index contributed by atoms with van der Waals surface area (Å²) in [6.07, 6.45) is 4.30. The van der Waals surface area contributed by atoms with Gasteiger partial charge in [0.15, 0.2) is 0 Å². The van der Waals surface area contributed by atoms with E-state index in [0.29, 0.717) is 31.2 Å². The number of hydrogen-bond acceptors (Lipinski definition) is 3. The van der Waals surface area contributed by atoms with Crippen molar-refractivity contribution in [3.8, 4) is 0 Å². The van der Waals surface area contributed by atoms with E-state index in [-0.39, 0.29) is 24.5 Å². The van der Waals surface area contributed by atoms with E-state index in [4.69, 9.17) is 0 Å². The number of aliphatic hydroxyl groups is 1. The van der Waals surface area contributed by atoms with E-state index < -0.39 is 0 Å². The molecule has 2 fully saturated rings. The van der Waals surface area contributed by atoms with Crippen molar-refractivity contribution in [2.45, 2.75) is 38.1 Å². The van der Waals surface area contributed by atoms with E-state index >= 15 is 0 Å². The molecule has 1 heterocycles. The first-order chi connectivity index (χ1) is 8.20. The maximum atomic E-state index is 11.8. The lowest BCUT2D eigenvalue weighted by Gasteiger charge is -2.19. The Labute approximate surface area is 101 Å². The van der Waals surface area contributed by atoms with Crippen LogP contribution in [-0.4, -0.2) is 36.1 Å². The van der Waals surface area contributed by atoms with Crippen LogP contribution >= 0.6 is 0 Å². The number of amides is 2. The third kappa shape index (κ3) is 2.97. The van der Waals surface area contributed by atoms with Crippen LogP contribution in [-0.2, 0) is 9.59 Å². The predicted molar refractivity (Wildman–Crippen MR) is 62.1 cm³/mol. The van der Waals surface area contributed by atoms with E-state index in [1.165, 1.54) is 0 Å². The molecule has 0 bridgehead atoms. The summed E-state index contributed by atoms with van der Waals surface area (Å²) in [6, 6.07) is -0.350. The number of carbonyl (C=O) groups excluding carboxylic acids is 2. The van der Waals surface area contributed by atoms with E-state index in [1.54, 1.807) is 0 Å². The molecule has 0 spiro atoms. The van der Waals surface area contributed by atoms with Gasteiger partial charge in [0.25, 0.3) is 0 Å². The molecule has 3 atom stereocenters. The van der Waals surface area contributed by atoms with Crippen molar-refractivity contribution >= 4 is 11.8 Å². The second-order valence-corrected chi connectivity index (χ2v) is 5.04. The summed E-state index contributed by atoms with van der Waals surface area (Å²) in [5, 5.41) is 14.7. The van der Waals surface area contributed by atoms with Gasteiger partial charge < -0.3 is 15.7 Å². The topological polar surface area (TPSA) is 78.4 Å². The average Bonchev–Trinajstić information content (AvgIpc) is 2.94. The first-order valence-corrected chi connectivity index (χ1v) is 6.38. The minimum atomic E-state index is -0.350. The highest BCUT2D eigenvalue weighted by atomic mass is 16.3. The molecule has 1 saturated heterocycles. The van der Waals surface area contributed by atoms with Crippen LogP contribution in [0, 0.1) is 11.8 Å². The molecule has 96 valence electrons. The van der Waals surface area contributed by atoms with Gasteiger partial charge in [-0.25, -0.2) is 0 Å². The summed E-state index contributed by atoms with van der Waals surface area (Å²) >= 11 is 0. The molecule has 5 nitrogen and oxygen atoms in total. The quantitative estimate of drug-likeness (QED) is 0.636. The third-order valence-corrected chi connectivity index (χ3v) is 3.90. The normalized spacial score (nSPS) is 32.5. The highest BCUT2D eigenvalue weighted by Gasteiger charge is 2.30. The summed E-state index contributed by atoms with van der Waals surface area (Å²) in [5.41, 5.74) is 0. The second kappa shape index (κ2) is 5.49. The molecule has 2 amide bonds. The van der Waals surface area contributed by atoms with Crippen molar-refractivity contribution < 1.29 is 14.7 Å². The van der Waals surface area contributed by atoms with Gasteiger partial charge in [0.2, 0.25) is 11.8 Å². The minimum Gasteiger partial charge on any atom is -0.396 e. The van der Waals surface area contributed by atoms with Gasteiger partial charge >= 0.3 is 0 Å². The predicted octanol–water partition coefficient (Wildman–Crippen LogP) is -0.210. The number of aliphatic hydroxyl groups excluding tert-OH is 1. The number of rotatable bonds is 4. The maximum absolute atomic E-state index is 11.8. The van der Waals surface area contributed by atoms with Crippen LogP contribution in [0.25, 0.3) is 0 Å². The molecule has 2 rings (SSSR count). The molecule has 3 unspecified atom stereocenters. The highest BCUT2D eigenvalue weighted by molar-refractivity contribution is 5.90. The molecule has 0 aromatic rings. The molecular weight excluding hydrogens is 220 g/mol. The molecule has 0 radical (unpaired) electrons. The number of carbonyl (C=O) groups is 2. The molecule has 5 heteroatoms. The summed E-state index contributed by atoms with van der Waals surface area (Å²) in [6.45, 7) is 0.830. The Hall–Kier alpha value is -1.10. The fraction of sp³-hybridized carbons (Fsp3) is 0.833. The molecule has 0 aromatic heterocycles. The summed E-state index contributed by atoms with van der Waals surface area (Å²) in [7, 11) is 0. The maximum Gasteiger partial charge on any atom is 0.242 e. The van der Waals surface area contributed by atoms with Gasteiger partial charge in [-0.1, -0.05) is 6.42 Å². The van der Waals surface area contributed by atoms with E-state index in [0.717, 1.165) is 19.3 Å². The van der Waals surface area contributed by atoms with Crippen molar-refractivity contribution in [2.24, 2.45) is 11.8 Å². The molecule has 1 aliphatic carbocycles. The zero-order chi connectivity index (χ0) is 12.3. The lowest BCUT2D eigenvalue weighted by molar-refractivity contribution is -0.125. The fourth-order valence-corrected chi connectivity index (χ4v) is 2.79. The average molecular weight is 240 g/mol. The largest absolute Gasteiger partial charge is 0.396 e. The van der Waals surface area contributed by atoms with Crippen LogP contribution in [0.4, 0.5) is 0 Å². The molecule has 3 N–H and O–H groups in total. The molecule has 1 aliphatic heterocycles. The van der Waals surface area contributed by atoms with Crippen molar-refractivity contribution in [3.05, 3.63) is 0 Å². The Morgan fingerprint density at radius 2 is 2.12 bits per heavy atom.